The zero-order valence-corrected chi connectivity index (χ0v) is 20.9. The van der Waals surface area contributed by atoms with Crippen LogP contribution in [0.2, 0.25) is 0 Å². The number of carbonyl (C=O) groups is 2. The second kappa shape index (κ2) is 9.57. The van der Waals surface area contributed by atoms with Gasteiger partial charge in [0.15, 0.2) is 0 Å². The van der Waals surface area contributed by atoms with Crippen molar-refractivity contribution in [2.75, 3.05) is 6.61 Å². The lowest BCUT2D eigenvalue weighted by Gasteiger charge is -2.36. The van der Waals surface area contributed by atoms with Crippen LogP contribution in [0.1, 0.15) is 86.0 Å². The molecule has 7 heteroatoms. The Balaban J connectivity index is 1.32. The van der Waals surface area contributed by atoms with Crippen molar-refractivity contribution in [2.24, 2.45) is 11.8 Å². The van der Waals surface area contributed by atoms with Gasteiger partial charge in [0.2, 0.25) is 5.91 Å². The first-order chi connectivity index (χ1) is 15.6. The number of epoxide rings is 2. The van der Waals surface area contributed by atoms with Gasteiger partial charge in [-0.3, -0.25) is 4.79 Å². The van der Waals surface area contributed by atoms with E-state index in [0.717, 1.165) is 58.0 Å². The van der Waals surface area contributed by atoms with Gasteiger partial charge in [-0.2, -0.15) is 0 Å². The minimum Gasteiger partial charge on any atom is -0.446 e. The quantitative estimate of drug-likeness (QED) is 0.416. The second-order valence-corrected chi connectivity index (χ2v) is 11.4. The van der Waals surface area contributed by atoms with Crippen LogP contribution in [-0.4, -0.2) is 54.1 Å². The Kier molecular flexibility index (Phi) is 7.11. The number of rotatable bonds is 8. The molecule has 7 nitrogen and oxygen atoms in total. The summed E-state index contributed by atoms with van der Waals surface area (Å²) < 4.78 is 18.0. The Morgan fingerprint density at radius 2 is 1.88 bits per heavy atom. The first-order valence-corrected chi connectivity index (χ1v) is 12.9. The molecule has 4 fully saturated rings. The Labute approximate surface area is 198 Å². The molecule has 33 heavy (non-hydrogen) atoms. The van der Waals surface area contributed by atoms with Gasteiger partial charge in [0.25, 0.3) is 0 Å². The summed E-state index contributed by atoms with van der Waals surface area (Å²) in [5.74, 6) is 0.0798. The molecule has 2 saturated carbocycles. The molecule has 0 unspecified atom stereocenters. The average molecular weight is 463 g/mol. The highest BCUT2D eigenvalue weighted by atomic mass is 16.6. The second-order valence-electron chi connectivity index (χ2n) is 11.4. The molecule has 2 aliphatic heterocycles. The maximum Gasteiger partial charge on any atom is 0.408 e. The van der Waals surface area contributed by atoms with E-state index in [9.17, 15) is 9.59 Å². The highest BCUT2D eigenvalue weighted by Gasteiger charge is 2.68. The molecule has 2 amide bonds. The number of hydrogen-bond donors (Lipinski definition) is 2. The van der Waals surface area contributed by atoms with Crippen molar-refractivity contribution < 1.29 is 23.8 Å². The van der Waals surface area contributed by atoms with Crippen LogP contribution in [0.5, 0.6) is 0 Å². The number of alkyl carbamates (subject to hydrolysis) is 1. The number of nitrogens with one attached hydrogen (secondary N) is 2. The molecular weight excluding hydrogens is 420 g/mol. The summed E-state index contributed by atoms with van der Waals surface area (Å²) in [6.45, 7) is 11.0. The zero-order chi connectivity index (χ0) is 23.8. The normalized spacial score (nSPS) is 36.4. The fourth-order valence-electron chi connectivity index (χ4n) is 5.89. The number of carbonyl (C=O) groups excluding carboxylic acids is 2. The van der Waals surface area contributed by atoms with Crippen LogP contribution in [0.4, 0.5) is 4.79 Å². The average Bonchev–Trinajstić information content (AvgIpc) is 3.60. The van der Waals surface area contributed by atoms with E-state index in [-0.39, 0.29) is 47.2 Å². The Bertz CT molecular complexity index is 767. The van der Waals surface area contributed by atoms with Crippen molar-refractivity contribution in [2.45, 2.75) is 121 Å². The van der Waals surface area contributed by atoms with Gasteiger partial charge in [-0.15, -0.1) is 0 Å². The summed E-state index contributed by atoms with van der Waals surface area (Å²) in [5, 5.41) is 5.94. The molecule has 0 aromatic carbocycles. The third-order valence-electron chi connectivity index (χ3n) is 8.15. The molecule has 2 heterocycles. The predicted octanol–water partition coefficient (Wildman–Crippen LogP) is 4.25. The summed E-state index contributed by atoms with van der Waals surface area (Å²) in [6, 6.07) is -0.364. The fraction of sp³-hybridized carbons (Fsp3) is 0.846. The van der Waals surface area contributed by atoms with Gasteiger partial charge < -0.3 is 24.8 Å². The van der Waals surface area contributed by atoms with Crippen LogP contribution in [-0.2, 0) is 19.0 Å². The maximum atomic E-state index is 12.8. The fourth-order valence-corrected chi connectivity index (χ4v) is 5.89. The monoisotopic (exact) mass is 462 g/mol. The first-order valence-electron chi connectivity index (χ1n) is 12.9. The van der Waals surface area contributed by atoms with E-state index in [1.54, 1.807) is 0 Å². The predicted molar refractivity (Wildman–Crippen MR) is 126 cm³/mol. The number of allylic oxidation sites excluding steroid dienone is 1. The summed E-state index contributed by atoms with van der Waals surface area (Å²) >= 11 is 0. The minimum atomic E-state index is -0.590. The molecule has 6 atom stereocenters. The largest absolute Gasteiger partial charge is 0.446 e. The van der Waals surface area contributed by atoms with Gasteiger partial charge in [0.1, 0.15) is 12.1 Å². The molecule has 2 saturated heterocycles. The third-order valence-corrected chi connectivity index (χ3v) is 8.15. The van der Waals surface area contributed by atoms with Crippen LogP contribution in [0.25, 0.3) is 0 Å². The summed E-state index contributed by atoms with van der Waals surface area (Å²) in [4.78, 5) is 25.6. The van der Waals surface area contributed by atoms with E-state index in [0.29, 0.717) is 0 Å². The highest BCUT2D eigenvalue weighted by molar-refractivity contribution is 5.86. The van der Waals surface area contributed by atoms with E-state index in [2.05, 4.69) is 37.5 Å². The molecule has 0 aromatic rings. The molecule has 186 valence electrons. The molecule has 0 aromatic heterocycles. The Morgan fingerprint density at radius 1 is 1.18 bits per heavy atom. The Hall–Kier alpha value is -1.60. The van der Waals surface area contributed by atoms with Gasteiger partial charge in [0.05, 0.1) is 23.9 Å². The van der Waals surface area contributed by atoms with Crippen LogP contribution in [0, 0.1) is 11.8 Å². The SMILES string of the molecule is CC(C)=CC[C@H]1O[C@]1(C)[C@H]1C[C@H](OC(=O)N[C@H](C(=O)NC2CCCC2)C(C)C)CC[C@]12CO2. The van der Waals surface area contributed by atoms with E-state index in [1.165, 1.54) is 5.57 Å². The van der Waals surface area contributed by atoms with E-state index >= 15 is 0 Å². The van der Waals surface area contributed by atoms with Gasteiger partial charge in [-0.05, 0) is 65.2 Å². The lowest BCUT2D eigenvalue weighted by molar-refractivity contribution is -0.124. The molecule has 0 bridgehead atoms. The van der Waals surface area contributed by atoms with Crippen molar-refractivity contribution in [3.8, 4) is 0 Å². The lowest BCUT2D eigenvalue weighted by Crippen LogP contribution is -2.52. The van der Waals surface area contributed by atoms with Crippen molar-refractivity contribution in [3.05, 3.63) is 11.6 Å². The smallest absolute Gasteiger partial charge is 0.408 e. The molecule has 4 aliphatic rings. The van der Waals surface area contributed by atoms with Gasteiger partial charge in [-0.1, -0.05) is 38.3 Å². The summed E-state index contributed by atoms with van der Waals surface area (Å²) in [6.07, 6.45) is 9.35. The maximum absolute atomic E-state index is 12.8. The van der Waals surface area contributed by atoms with Gasteiger partial charge in [-0.25, -0.2) is 4.79 Å². The highest BCUT2D eigenvalue weighted by Crippen LogP contribution is 2.59. The minimum absolute atomic E-state index is 0.0178. The van der Waals surface area contributed by atoms with Crippen molar-refractivity contribution in [1.82, 2.24) is 10.6 Å². The first kappa shape index (κ1) is 24.5. The summed E-state index contributed by atoms with van der Waals surface area (Å²) in [5.41, 5.74) is 0.943. The topological polar surface area (TPSA) is 92.5 Å². The molecule has 2 aliphatic carbocycles. The molecule has 2 N–H and O–H groups in total. The van der Waals surface area contributed by atoms with Crippen LogP contribution >= 0.6 is 0 Å². The summed E-state index contributed by atoms with van der Waals surface area (Å²) in [7, 11) is 0. The van der Waals surface area contributed by atoms with E-state index in [1.807, 2.05) is 13.8 Å². The number of ether oxygens (including phenoxy) is 3. The lowest BCUT2D eigenvalue weighted by atomic mass is 9.70. The number of hydrogen-bond acceptors (Lipinski definition) is 5. The Morgan fingerprint density at radius 3 is 2.48 bits per heavy atom. The van der Waals surface area contributed by atoms with Crippen molar-refractivity contribution in [3.63, 3.8) is 0 Å². The van der Waals surface area contributed by atoms with Crippen molar-refractivity contribution >= 4 is 12.0 Å². The third kappa shape index (κ3) is 5.56. The van der Waals surface area contributed by atoms with Crippen LogP contribution in [0.3, 0.4) is 0 Å². The molecule has 1 spiro atoms. The van der Waals surface area contributed by atoms with Crippen LogP contribution in [0.15, 0.2) is 11.6 Å². The van der Waals surface area contributed by atoms with Gasteiger partial charge >= 0.3 is 6.09 Å². The van der Waals surface area contributed by atoms with Crippen LogP contribution < -0.4 is 10.6 Å². The zero-order valence-electron chi connectivity index (χ0n) is 20.9. The number of amides is 2. The molecule has 4 rings (SSSR count). The van der Waals surface area contributed by atoms with Crippen molar-refractivity contribution in [1.29, 1.82) is 0 Å². The standard InChI is InChI=1S/C26H42N2O5/c1-16(2)10-11-21-25(5,33-21)20-14-19(12-13-26(20)15-31-26)32-24(30)28-22(17(3)4)23(29)27-18-8-6-7-9-18/h10,17-22H,6-9,11-15H2,1-5H3,(H,27,29)(H,28,30)/t19-,20-,21-,22+,25-,26+/m1/s1. The molecular formula is C26H42N2O5. The molecule has 0 radical (unpaired) electrons. The van der Waals surface area contributed by atoms with E-state index < -0.39 is 12.1 Å². The van der Waals surface area contributed by atoms with E-state index in [4.69, 9.17) is 14.2 Å². The van der Waals surface area contributed by atoms with Gasteiger partial charge in [0, 0.05) is 12.0 Å².